The standard InChI is InChI=1S/C14H23NO3/c1-4-5-13(10-12(2)17-3)11-14(16)15-6-8-18-9-7-15/h4-5,10,12H,6-9,11H2,1-3H3/b5-4-,13-10+. The predicted octanol–water partition coefficient (Wildman–Crippen LogP) is 1.77. The summed E-state index contributed by atoms with van der Waals surface area (Å²) in [5.41, 5.74) is 1.00. The normalized spacial score (nSPS) is 19.3. The lowest BCUT2D eigenvalue weighted by Crippen LogP contribution is -2.40. The van der Waals surface area contributed by atoms with Crippen molar-refractivity contribution in [3.8, 4) is 0 Å². The topological polar surface area (TPSA) is 38.8 Å². The van der Waals surface area contributed by atoms with Crippen molar-refractivity contribution in [1.29, 1.82) is 0 Å². The predicted molar refractivity (Wildman–Crippen MR) is 71.4 cm³/mol. The molecule has 0 radical (unpaired) electrons. The second kappa shape index (κ2) is 8.06. The van der Waals surface area contributed by atoms with Gasteiger partial charge in [0.15, 0.2) is 0 Å². The Labute approximate surface area is 109 Å². The molecule has 0 aromatic heterocycles. The number of hydrogen-bond acceptors (Lipinski definition) is 3. The van der Waals surface area contributed by atoms with Gasteiger partial charge in [-0.25, -0.2) is 0 Å². The van der Waals surface area contributed by atoms with E-state index in [1.807, 2.05) is 37.0 Å². The first-order valence-corrected chi connectivity index (χ1v) is 6.39. The Morgan fingerprint density at radius 1 is 1.44 bits per heavy atom. The Bertz CT molecular complexity index is 317. The maximum Gasteiger partial charge on any atom is 0.227 e. The fourth-order valence-electron chi connectivity index (χ4n) is 1.86. The molecule has 0 bridgehead atoms. The summed E-state index contributed by atoms with van der Waals surface area (Å²) in [6.07, 6.45) is 6.35. The third-order valence-electron chi connectivity index (χ3n) is 2.92. The molecule has 1 amide bonds. The van der Waals surface area contributed by atoms with Gasteiger partial charge in [-0.2, -0.15) is 0 Å². The molecular formula is C14H23NO3. The zero-order valence-corrected chi connectivity index (χ0v) is 11.5. The molecular weight excluding hydrogens is 230 g/mol. The molecule has 1 aliphatic rings. The highest BCUT2D eigenvalue weighted by molar-refractivity contribution is 5.79. The van der Waals surface area contributed by atoms with E-state index < -0.39 is 0 Å². The highest BCUT2D eigenvalue weighted by Crippen LogP contribution is 2.10. The second-order valence-corrected chi connectivity index (χ2v) is 4.35. The highest BCUT2D eigenvalue weighted by atomic mass is 16.5. The van der Waals surface area contributed by atoms with Crippen LogP contribution in [0.4, 0.5) is 0 Å². The van der Waals surface area contributed by atoms with Gasteiger partial charge in [0, 0.05) is 20.2 Å². The van der Waals surface area contributed by atoms with E-state index in [4.69, 9.17) is 9.47 Å². The molecule has 0 aromatic carbocycles. The number of rotatable bonds is 5. The minimum atomic E-state index is 0.0219. The number of amides is 1. The fraction of sp³-hybridized carbons (Fsp3) is 0.643. The molecule has 1 unspecified atom stereocenters. The monoisotopic (exact) mass is 253 g/mol. The summed E-state index contributed by atoms with van der Waals surface area (Å²) in [6.45, 7) is 6.59. The Morgan fingerprint density at radius 2 is 2.11 bits per heavy atom. The number of morpholine rings is 1. The van der Waals surface area contributed by atoms with Gasteiger partial charge in [-0.3, -0.25) is 4.79 Å². The molecule has 18 heavy (non-hydrogen) atoms. The first kappa shape index (κ1) is 14.9. The number of hydrogen-bond donors (Lipinski definition) is 0. The zero-order valence-electron chi connectivity index (χ0n) is 11.5. The lowest BCUT2D eigenvalue weighted by atomic mass is 10.1. The van der Waals surface area contributed by atoms with Crippen molar-refractivity contribution in [2.75, 3.05) is 33.4 Å². The second-order valence-electron chi connectivity index (χ2n) is 4.35. The summed E-state index contributed by atoms with van der Waals surface area (Å²) in [7, 11) is 1.66. The minimum Gasteiger partial charge on any atom is -0.378 e. The third kappa shape index (κ3) is 5.02. The molecule has 0 N–H and O–H groups in total. The van der Waals surface area contributed by atoms with Crippen LogP contribution >= 0.6 is 0 Å². The summed E-state index contributed by atoms with van der Waals surface area (Å²) in [6, 6.07) is 0. The van der Waals surface area contributed by atoms with Gasteiger partial charge in [-0.05, 0) is 19.4 Å². The number of carbonyl (C=O) groups is 1. The van der Waals surface area contributed by atoms with E-state index in [2.05, 4.69) is 0 Å². The van der Waals surface area contributed by atoms with Crippen molar-refractivity contribution < 1.29 is 14.3 Å². The summed E-state index contributed by atoms with van der Waals surface area (Å²) in [5.74, 6) is 0.158. The van der Waals surface area contributed by atoms with Crippen LogP contribution < -0.4 is 0 Å². The van der Waals surface area contributed by atoms with Crippen LogP contribution in [0.5, 0.6) is 0 Å². The first-order valence-electron chi connectivity index (χ1n) is 6.39. The van der Waals surface area contributed by atoms with Gasteiger partial charge in [0.1, 0.15) is 0 Å². The van der Waals surface area contributed by atoms with Gasteiger partial charge >= 0.3 is 0 Å². The van der Waals surface area contributed by atoms with E-state index in [0.29, 0.717) is 32.7 Å². The number of carbonyl (C=O) groups excluding carboxylic acids is 1. The molecule has 1 heterocycles. The molecule has 0 aliphatic carbocycles. The van der Waals surface area contributed by atoms with E-state index in [1.165, 1.54) is 0 Å². The van der Waals surface area contributed by atoms with Gasteiger partial charge in [0.25, 0.3) is 0 Å². The van der Waals surface area contributed by atoms with E-state index >= 15 is 0 Å². The summed E-state index contributed by atoms with van der Waals surface area (Å²) >= 11 is 0. The lowest BCUT2D eigenvalue weighted by Gasteiger charge is -2.27. The largest absolute Gasteiger partial charge is 0.378 e. The molecule has 4 heteroatoms. The van der Waals surface area contributed by atoms with Crippen LogP contribution in [0.1, 0.15) is 20.3 Å². The fourth-order valence-corrected chi connectivity index (χ4v) is 1.86. The van der Waals surface area contributed by atoms with Gasteiger partial charge in [0.05, 0.1) is 25.7 Å². The van der Waals surface area contributed by atoms with Gasteiger partial charge in [-0.15, -0.1) is 0 Å². The molecule has 102 valence electrons. The van der Waals surface area contributed by atoms with Crippen molar-refractivity contribution >= 4 is 5.91 Å². The maximum atomic E-state index is 12.1. The third-order valence-corrected chi connectivity index (χ3v) is 2.92. The number of nitrogens with zero attached hydrogens (tertiary/aromatic N) is 1. The van der Waals surface area contributed by atoms with E-state index in [9.17, 15) is 4.79 Å². The highest BCUT2D eigenvalue weighted by Gasteiger charge is 2.17. The number of methoxy groups -OCH3 is 1. The molecule has 4 nitrogen and oxygen atoms in total. The smallest absolute Gasteiger partial charge is 0.227 e. The van der Waals surface area contributed by atoms with Gasteiger partial charge < -0.3 is 14.4 Å². The molecule has 1 atom stereocenters. The Kier molecular flexibility index (Phi) is 6.68. The van der Waals surface area contributed by atoms with Crippen molar-refractivity contribution in [3.05, 3.63) is 23.8 Å². The van der Waals surface area contributed by atoms with E-state index in [-0.39, 0.29) is 12.0 Å². The van der Waals surface area contributed by atoms with Crippen LogP contribution in [0.3, 0.4) is 0 Å². The van der Waals surface area contributed by atoms with Crippen molar-refractivity contribution in [1.82, 2.24) is 4.90 Å². The average Bonchev–Trinajstić information content (AvgIpc) is 2.39. The lowest BCUT2D eigenvalue weighted by molar-refractivity contribution is -0.134. The Balaban J connectivity index is 2.59. The average molecular weight is 253 g/mol. The van der Waals surface area contributed by atoms with Gasteiger partial charge in [-0.1, -0.05) is 18.2 Å². The Hall–Kier alpha value is -1.13. The molecule has 0 spiro atoms. The molecule has 1 fully saturated rings. The van der Waals surface area contributed by atoms with Crippen LogP contribution in [0.2, 0.25) is 0 Å². The number of ether oxygens (including phenoxy) is 2. The van der Waals surface area contributed by atoms with Crippen molar-refractivity contribution in [2.24, 2.45) is 0 Å². The van der Waals surface area contributed by atoms with E-state index in [0.717, 1.165) is 5.57 Å². The van der Waals surface area contributed by atoms with Crippen LogP contribution in [-0.4, -0.2) is 50.3 Å². The maximum absolute atomic E-state index is 12.1. The van der Waals surface area contributed by atoms with Crippen LogP contribution in [-0.2, 0) is 14.3 Å². The van der Waals surface area contributed by atoms with E-state index in [1.54, 1.807) is 7.11 Å². The first-order chi connectivity index (χ1) is 8.67. The van der Waals surface area contributed by atoms with Crippen LogP contribution in [0, 0.1) is 0 Å². The quantitative estimate of drug-likeness (QED) is 0.701. The zero-order chi connectivity index (χ0) is 13.4. The molecule has 0 saturated carbocycles. The van der Waals surface area contributed by atoms with Crippen molar-refractivity contribution in [3.63, 3.8) is 0 Å². The minimum absolute atomic E-state index is 0.0219. The number of allylic oxidation sites excluding steroid dienone is 2. The summed E-state index contributed by atoms with van der Waals surface area (Å²) < 4.78 is 10.4. The van der Waals surface area contributed by atoms with Crippen LogP contribution in [0.15, 0.2) is 23.8 Å². The van der Waals surface area contributed by atoms with Crippen LogP contribution in [0.25, 0.3) is 0 Å². The SMILES string of the molecule is C/C=C\C(=C/C(C)OC)CC(=O)N1CCOCC1. The summed E-state index contributed by atoms with van der Waals surface area (Å²) in [5, 5.41) is 0. The van der Waals surface area contributed by atoms with Gasteiger partial charge in [0.2, 0.25) is 5.91 Å². The van der Waals surface area contributed by atoms with Crippen molar-refractivity contribution in [2.45, 2.75) is 26.4 Å². The molecule has 0 aromatic rings. The molecule has 1 rings (SSSR count). The molecule has 1 saturated heterocycles. The Morgan fingerprint density at radius 3 is 2.67 bits per heavy atom. The molecule has 1 aliphatic heterocycles. The summed E-state index contributed by atoms with van der Waals surface area (Å²) in [4.78, 5) is 14.0.